The maximum absolute atomic E-state index is 4.29. The summed E-state index contributed by atoms with van der Waals surface area (Å²) >= 11 is 0. The number of aromatic nitrogens is 4. The van der Waals surface area contributed by atoms with E-state index in [1.807, 2.05) is 24.9 Å². The van der Waals surface area contributed by atoms with E-state index in [9.17, 15) is 0 Å². The van der Waals surface area contributed by atoms with Crippen LogP contribution < -0.4 is 5.32 Å². The predicted octanol–water partition coefficient (Wildman–Crippen LogP) is 1.12. The van der Waals surface area contributed by atoms with Crippen LogP contribution in [0, 0.1) is 13.8 Å². The van der Waals surface area contributed by atoms with Crippen LogP contribution in [0.3, 0.4) is 0 Å². The summed E-state index contributed by atoms with van der Waals surface area (Å²) in [5, 5.41) is 7.54. The van der Waals surface area contributed by atoms with Crippen molar-refractivity contribution in [3.05, 3.63) is 41.2 Å². The number of nitrogens with zero attached hydrogens (tertiary/aromatic N) is 4. The van der Waals surface area contributed by atoms with Gasteiger partial charge in [0.25, 0.3) is 0 Å². The largest absolute Gasteiger partial charge is 0.307 e. The quantitative estimate of drug-likeness (QED) is 0.856. The van der Waals surface area contributed by atoms with Gasteiger partial charge in [0.15, 0.2) is 0 Å². The van der Waals surface area contributed by atoms with Crippen molar-refractivity contribution in [3.8, 4) is 0 Å². The maximum atomic E-state index is 4.29. The Morgan fingerprint density at radius 3 is 2.53 bits per heavy atom. The topological polar surface area (TPSA) is 55.6 Å². The molecule has 0 bridgehead atoms. The molecule has 0 saturated carbocycles. The molecule has 0 amide bonds. The van der Waals surface area contributed by atoms with Crippen LogP contribution in [0.5, 0.6) is 0 Å². The van der Waals surface area contributed by atoms with Crippen molar-refractivity contribution in [1.29, 1.82) is 0 Å². The highest BCUT2D eigenvalue weighted by Gasteiger charge is 2.03. The predicted molar refractivity (Wildman–Crippen MR) is 65.3 cm³/mol. The van der Waals surface area contributed by atoms with Crippen molar-refractivity contribution in [2.45, 2.75) is 26.9 Å². The third-order valence-corrected chi connectivity index (χ3v) is 2.79. The van der Waals surface area contributed by atoms with E-state index in [1.54, 1.807) is 12.4 Å². The van der Waals surface area contributed by atoms with Crippen molar-refractivity contribution in [1.82, 2.24) is 25.1 Å². The van der Waals surface area contributed by atoms with Gasteiger partial charge < -0.3 is 5.32 Å². The lowest BCUT2D eigenvalue weighted by Gasteiger charge is -2.04. The van der Waals surface area contributed by atoms with Crippen molar-refractivity contribution in [3.63, 3.8) is 0 Å². The SMILES string of the molecule is Cc1cnc(CNCc2cnn(C)c2C)cn1. The standard InChI is InChI=1S/C12H17N5/c1-9-4-15-12(8-14-9)7-13-5-11-6-16-17(3)10(11)2/h4,6,8,13H,5,7H2,1-3H3. The first-order valence-electron chi connectivity index (χ1n) is 5.62. The minimum atomic E-state index is 0.724. The van der Waals surface area contributed by atoms with E-state index < -0.39 is 0 Å². The second kappa shape index (κ2) is 5.05. The molecular formula is C12H17N5. The van der Waals surface area contributed by atoms with Gasteiger partial charge in [0.1, 0.15) is 0 Å². The summed E-state index contributed by atoms with van der Waals surface area (Å²) in [5.41, 5.74) is 4.30. The van der Waals surface area contributed by atoms with E-state index >= 15 is 0 Å². The van der Waals surface area contributed by atoms with Gasteiger partial charge in [-0.25, -0.2) is 0 Å². The molecule has 2 rings (SSSR count). The van der Waals surface area contributed by atoms with E-state index in [0.717, 1.165) is 24.5 Å². The molecule has 0 aliphatic carbocycles. The van der Waals surface area contributed by atoms with Gasteiger partial charge in [0.2, 0.25) is 0 Å². The number of aryl methyl sites for hydroxylation is 2. The Morgan fingerprint density at radius 1 is 1.12 bits per heavy atom. The molecule has 5 nitrogen and oxygen atoms in total. The summed E-state index contributed by atoms with van der Waals surface area (Å²) in [4.78, 5) is 8.50. The van der Waals surface area contributed by atoms with E-state index in [4.69, 9.17) is 0 Å². The first-order valence-corrected chi connectivity index (χ1v) is 5.62. The van der Waals surface area contributed by atoms with E-state index in [2.05, 4.69) is 27.3 Å². The maximum Gasteiger partial charge on any atom is 0.0724 e. The smallest absolute Gasteiger partial charge is 0.0724 e. The Morgan fingerprint density at radius 2 is 1.94 bits per heavy atom. The van der Waals surface area contributed by atoms with Gasteiger partial charge in [-0.1, -0.05) is 0 Å². The highest BCUT2D eigenvalue weighted by atomic mass is 15.3. The number of rotatable bonds is 4. The molecule has 0 spiro atoms. The van der Waals surface area contributed by atoms with E-state index in [1.165, 1.54) is 11.3 Å². The molecule has 0 atom stereocenters. The minimum Gasteiger partial charge on any atom is -0.307 e. The van der Waals surface area contributed by atoms with Gasteiger partial charge >= 0.3 is 0 Å². The van der Waals surface area contributed by atoms with Crippen LogP contribution in [-0.2, 0) is 20.1 Å². The average molecular weight is 231 g/mol. The normalized spacial score (nSPS) is 10.8. The second-order valence-corrected chi connectivity index (χ2v) is 4.13. The van der Waals surface area contributed by atoms with Gasteiger partial charge in [-0.15, -0.1) is 0 Å². The lowest BCUT2D eigenvalue weighted by atomic mass is 10.2. The second-order valence-electron chi connectivity index (χ2n) is 4.13. The Balaban J connectivity index is 1.87. The Labute approximate surface area is 101 Å². The summed E-state index contributed by atoms with van der Waals surface area (Å²) < 4.78 is 1.88. The number of hydrogen-bond acceptors (Lipinski definition) is 4. The zero-order valence-electron chi connectivity index (χ0n) is 10.4. The molecule has 2 heterocycles. The average Bonchev–Trinajstić information content (AvgIpc) is 2.64. The zero-order valence-corrected chi connectivity index (χ0v) is 10.4. The fraction of sp³-hybridized carbons (Fsp3) is 0.417. The van der Waals surface area contributed by atoms with Crippen molar-refractivity contribution in [2.24, 2.45) is 7.05 Å². The van der Waals surface area contributed by atoms with Crippen LogP contribution in [-0.4, -0.2) is 19.7 Å². The van der Waals surface area contributed by atoms with Crippen molar-refractivity contribution >= 4 is 0 Å². The highest BCUT2D eigenvalue weighted by Crippen LogP contribution is 2.05. The van der Waals surface area contributed by atoms with Gasteiger partial charge in [-0.2, -0.15) is 5.10 Å². The Kier molecular flexibility index (Phi) is 3.49. The van der Waals surface area contributed by atoms with Crippen LogP contribution in [0.4, 0.5) is 0 Å². The zero-order chi connectivity index (χ0) is 12.3. The van der Waals surface area contributed by atoms with Gasteiger partial charge in [-0.05, 0) is 13.8 Å². The van der Waals surface area contributed by atoms with Crippen LogP contribution in [0.15, 0.2) is 18.6 Å². The molecule has 2 aromatic heterocycles. The van der Waals surface area contributed by atoms with E-state index in [0.29, 0.717) is 0 Å². The molecule has 0 fully saturated rings. The number of nitrogens with one attached hydrogen (secondary N) is 1. The Hall–Kier alpha value is -1.75. The molecule has 5 heteroatoms. The summed E-state index contributed by atoms with van der Waals surface area (Å²) in [6, 6.07) is 0. The van der Waals surface area contributed by atoms with Crippen molar-refractivity contribution < 1.29 is 0 Å². The lowest BCUT2D eigenvalue weighted by Crippen LogP contribution is -2.14. The van der Waals surface area contributed by atoms with Crippen LogP contribution in [0.1, 0.15) is 22.6 Å². The number of hydrogen-bond donors (Lipinski definition) is 1. The minimum absolute atomic E-state index is 0.724. The van der Waals surface area contributed by atoms with Crippen LogP contribution in [0.25, 0.3) is 0 Å². The fourth-order valence-electron chi connectivity index (χ4n) is 1.55. The molecular weight excluding hydrogens is 214 g/mol. The van der Waals surface area contributed by atoms with Gasteiger partial charge in [-0.3, -0.25) is 14.6 Å². The monoisotopic (exact) mass is 231 g/mol. The van der Waals surface area contributed by atoms with Crippen molar-refractivity contribution in [2.75, 3.05) is 0 Å². The van der Waals surface area contributed by atoms with Gasteiger partial charge in [0.05, 0.1) is 17.6 Å². The third kappa shape index (κ3) is 2.88. The highest BCUT2D eigenvalue weighted by molar-refractivity contribution is 5.15. The Bertz CT molecular complexity index is 486. The fourth-order valence-corrected chi connectivity index (χ4v) is 1.55. The van der Waals surface area contributed by atoms with Crippen LogP contribution >= 0.6 is 0 Å². The van der Waals surface area contributed by atoms with Crippen LogP contribution in [0.2, 0.25) is 0 Å². The van der Waals surface area contributed by atoms with Gasteiger partial charge in [0, 0.05) is 43.8 Å². The third-order valence-electron chi connectivity index (χ3n) is 2.79. The summed E-state index contributed by atoms with van der Waals surface area (Å²) in [7, 11) is 1.95. The first kappa shape index (κ1) is 11.7. The molecule has 0 saturated heterocycles. The molecule has 0 aliphatic heterocycles. The van der Waals surface area contributed by atoms with E-state index in [-0.39, 0.29) is 0 Å². The molecule has 0 aliphatic rings. The summed E-state index contributed by atoms with van der Waals surface area (Å²) in [6.45, 7) is 5.52. The molecule has 17 heavy (non-hydrogen) atoms. The molecule has 0 unspecified atom stereocenters. The first-order chi connectivity index (χ1) is 8.16. The summed E-state index contributed by atoms with van der Waals surface area (Å²) in [6.07, 6.45) is 5.48. The molecule has 0 radical (unpaired) electrons. The molecule has 1 N–H and O–H groups in total. The lowest BCUT2D eigenvalue weighted by molar-refractivity contribution is 0.669. The molecule has 2 aromatic rings. The molecule has 0 aromatic carbocycles. The molecule has 90 valence electrons. The summed E-state index contributed by atoms with van der Waals surface area (Å²) in [5.74, 6) is 0.